The molecule has 2 aromatic rings. The molecule has 108 valence electrons. The van der Waals surface area contributed by atoms with Crippen LogP contribution in [0, 0.1) is 11.3 Å². The van der Waals surface area contributed by atoms with Gasteiger partial charge in [-0.25, -0.2) is 4.68 Å². The Morgan fingerprint density at radius 2 is 2.00 bits per heavy atom. The number of nitrogens with zero attached hydrogens (tertiary/aromatic N) is 4. The Labute approximate surface area is 123 Å². The summed E-state index contributed by atoms with van der Waals surface area (Å²) in [4.78, 5) is 16.2. The third-order valence-electron chi connectivity index (χ3n) is 2.96. The van der Waals surface area contributed by atoms with Gasteiger partial charge in [0, 0.05) is 18.9 Å². The molecule has 2 rings (SSSR count). The summed E-state index contributed by atoms with van der Waals surface area (Å²) in [6, 6.07) is 5.69. The van der Waals surface area contributed by atoms with E-state index in [-0.39, 0.29) is 11.1 Å². The number of hydrogen-bond donors (Lipinski definition) is 1. The van der Waals surface area contributed by atoms with Crippen molar-refractivity contribution in [1.29, 1.82) is 5.26 Å². The van der Waals surface area contributed by atoms with Gasteiger partial charge in [0.1, 0.15) is 11.6 Å². The lowest BCUT2D eigenvalue weighted by atomic mass is 10.1. The van der Waals surface area contributed by atoms with E-state index in [4.69, 9.17) is 0 Å². The van der Waals surface area contributed by atoms with Gasteiger partial charge in [0.15, 0.2) is 0 Å². The first-order chi connectivity index (χ1) is 9.93. The summed E-state index contributed by atoms with van der Waals surface area (Å²) < 4.78 is 1.32. The summed E-state index contributed by atoms with van der Waals surface area (Å²) in [6.45, 7) is 6.10. The fraction of sp³-hybridized carbons (Fsp3) is 0.333. The molecule has 0 fully saturated rings. The van der Waals surface area contributed by atoms with Crippen molar-refractivity contribution in [2.75, 3.05) is 5.32 Å². The van der Waals surface area contributed by atoms with Gasteiger partial charge in [-0.15, -0.1) is 0 Å². The minimum atomic E-state index is -0.466. The molecule has 2 heterocycles. The fourth-order valence-corrected chi connectivity index (χ4v) is 1.87. The molecule has 0 saturated heterocycles. The Hall–Kier alpha value is -2.68. The van der Waals surface area contributed by atoms with Crippen LogP contribution in [-0.4, -0.2) is 14.8 Å². The summed E-state index contributed by atoms with van der Waals surface area (Å²) >= 11 is 0. The first-order valence-corrected chi connectivity index (χ1v) is 6.59. The van der Waals surface area contributed by atoms with E-state index < -0.39 is 5.54 Å². The largest absolute Gasteiger partial charge is 0.378 e. The predicted octanol–water partition coefficient (Wildman–Crippen LogP) is 1.88. The van der Waals surface area contributed by atoms with Crippen LogP contribution in [0.15, 0.2) is 35.5 Å². The number of aromatic nitrogens is 3. The second-order valence-corrected chi connectivity index (χ2v) is 5.64. The molecule has 0 radical (unpaired) electrons. The summed E-state index contributed by atoms with van der Waals surface area (Å²) in [6.07, 6.45) is 4.91. The molecular formula is C15H17N5O. The van der Waals surface area contributed by atoms with Crippen molar-refractivity contribution in [3.8, 4) is 6.07 Å². The quantitative estimate of drug-likeness (QED) is 0.929. The zero-order valence-corrected chi connectivity index (χ0v) is 12.3. The van der Waals surface area contributed by atoms with Crippen LogP contribution in [-0.2, 0) is 12.1 Å². The number of rotatable bonds is 3. The average Bonchev–Trinajstić information content (AvgIpc) is 2.45. The fourth-order valence-electron chi connectivity index (χ4n) is 1.87. The smallest absolute Gasteiger partial charge is 0.287 e. The van der Waals surface area contributed by atoms with Gasteiger partial charge in [-0.2, -0.15) is 10.4 Å². The molecular weight excluding hydrogens is 266 g/mol. The Morgan fingerprint density at radius 1 is 1.33 bits per heavy atom. The highest BCUT2D eigenvalue weighted by molar-refractivity contribution is 5.54. The predicted molar refractivity (Wildman–Crippen MR) is 79.8 cm³/mol. The highest BCUT2D eigenvalue weighted by Gasteiger charge is 2.20. The van der Waals surface area contributed by atoms with E-state index in [1.807, 2.05) is 39.0 Å². The van der Waals surface area contributed by atoms with Crippen LogP contribution in [0.2, 0.25) is 0 Å². The molecule has 1 N–H and O–H groups in total. The van der Waals surface area contributed by atoms with E-state index in [2.05, 4.69) is 15.4 Å². The normalized spacial score (nSPS) is 11.0. The molecule has 0 aliphatic rings. The number of pyridine rings is 1. The molecule has 0 saturated carbocycles. The van der Waals surface area contributed by atoms with Crippen molar-refractivity contribution in [2.45, 2.75) is 32.9 Å². The van der Waals surface area contributed by atoms with E-state index in [1.54, 1.807) is 12.4 Å². The first kappa shape index (κ1) is 14.7. The lowest BCUT2D eigenvalue weighted by Crippen LogP contribution is -2.37. The van der Waals surface area contributed by atoms with Crippen LogP contribution in [0.4, 0.5) is 5.69 Å². The SMILES string of the molecule is CC(C)(C)n1ncc(NCc2ccncc2)c(C#N)c1=O. The Balaban J connectivity index is 2.32. The summed E-state index contributed by atoms with van der Waals surface area (Å²) in [5.74, 6) is 0. The third-order valence-corrected chi connectivity index (χ3v) is 2.96. The molecule has 0 aliphatic carbocycles. The van der Waals surface area contributed by atoms with Gasteiger partial charge < -0.3 is 5.32 Å². The van der Waals surface area contributed by atoms with E-state index in [1.165, 1.54) is 10.9 Å². The lowest BCUT2D eigenvalue weighted by Gasteiger charge is -2.21. The molecule has 21 heavy (non-hydrogen) atoms. The molecule has 6 heteroatoms. The maximum absolute atomic E-state index is 12.3. The molecule has 0 amide bonds. The van der Waals surface area contributed by atoms with Crippen molar-refractivity contribution >= 4 is 5.69 Å². The van der Waals surface area contributed by atoms with Gasteiger partial charge in [-0.3, -0.25) is 9.78 Å². The molecule has 0 unspecified atom stereocenters. The Morgan fingerprint density at radius 3 is 2.57 bits per heavy atom. The standard InChI is InChI=1S/C15H17N5O/c1-15(2,3)20-14(21)12(8-16)13(10-19-20)18-9-11-4-6-17-7-5-11/h4-7,10,18H,9H2,1-3H3. The van der Waals surface area contributed by atoms with Crippen molar-refractivity contribution in [3.63, 3.8) is 0 Å². The number of nitrogens with one attached hydrogen (secondary N) is 1. The van der Waals surface area contributed by atoms with Crippen LogP contribution in [0.1, 0.15) is 31.9 Å². The lowest BCUT2D eigenvalue weighted by molar-refractivity contribution is 0.337. The van der Waals surface area contributed by atoms with Crippen LogP contribution in [0.25, 0.3) is 0 Å². The van der Waals surface area contributed by atoms with Gasteiger partial charge in [-0.05, 0) is 38.5 Å². The van der Waals surface area contributed by atoms with E-state index in [9.17, 15) is 10.1 Å². The van der Waals surface area contributed by atoms with E-state index in [0.29, 0.717) is 12.2 Å². The highest BCUT2D eigenvalue weighted by atomic mass is 16.1. The molecule has 2 aromatic heterocycles. The number of anilines is 1. The van der Waals surface area contributed by atoms with Gasteiger partial charge in [0.2, 0.25) is 0 Å². The molecule has 0 aromatic carbocycles. The zero-order valence-electron chi connectivity index (χ0n) is 12.3. The summed E-state index contributed by atoms with van der Waals surface area (Å²) in [5.41, 5.74) is 0.680. The maximum Gasteiger partial charge on any atom is 0.287 e. The van der Waals surface area contributed by atoms with Gasteiger partial charge in [0.05, 0.1) is 17.4 Å². The molecule has 0 aliphatic heterocycles. The first-order valence-electron chi connectivity index (χ1n) is 6.59. The van der Waals surface area contributed by atoms with Crippen molar-refractivity contribution < 1.29 is 0 Å². The average molecular weight is 283 g/mol. The second-order valence-electron chi connectivity index (χ2n) is 5.64. The number of hydrogen-bond acceptors (Lipinski definition) is 5. The summed E-state index contributed by atoms with van der Waals surface area (Å²) in [7, 11) is 0. The van der Waals surface area contributed by atoms with Crippen molar-refractivity contribution in [2.24, 2.45) is 0 Å². The maximum atomic E-state index is 12.3. The van der Waals surface area contributed by atoms with E-state index in [0.717, 1.165) is 5.56 Å². The third kappa shape index (κ3) is 3.26. The molecule has 0 spiro atoms. The zero-order chi connectivity index (χ0) is 15.5. The van der Waals surface area contributed by atoms with Gasteiger partial charge in [0.25, 0.3) is 5.56 Å². The van der Waals surface area contributed by atoms with Crippen molar-refractivity contribution in [1.82, 2.24) is 14.8 Å². The molecule has 6 nitrogen and oxygen atoms in total. The topological polar surface area (TPSA) is 83.6 Å². The van der Waals surface area contributed by atoms with Crippen LogP contribution in [0.5, 0.6) is 0 Å². The minimum Gasteiger partial charge on any atom is -0.378 e. The van der Waals surface area contributed by atoms with Crippen molar-refractivity contribution in [3.05, 3.63) is 52.2 Å². The summed E-state index contributed by atoms with van der Waals surface area (Å²) in [5, 5.41) is 16.5. The number of nitriles is 1. The van der Waals surface area contributed by atoms with E-state index >= 15 is 0 Å². The second kappa shape index (κ2) is 5.75. The monoisotopic (exact) mass is 283 g/mol. The van der Waals surface area contributed by atoms with Gasteiger partial charge >= 0.3 is 0 Å². The molecule has 0 atom stereocenters. The Kier molecular flexibility index (Phi) is 4.03. The van der Waals surface area contributed by atoms with Crippen LogP contribution >= 0.6 is 0 Å². The Bertz CT molecular complexity index is 722. The molecule has 0 bridgehead atoms. The van der Waals surface area contributed by atoms with Crippen LogP contribution in [0.3, 0.4) is 0 Å². The van der Waals surface area contributed by atoms with Crippen LogP contribution < -0.4 is 10.9 Å². The highest BCUT2D eigenvalue weighted by Crippen LogP contribution is 2.14. The minimum absolute atomic E-state index is 0.0778. The van der Waals surface area contributed by atoms with Gasteiger partial charge in [-0.1, -0.05) is 0 Å².